The van der Waals surface area contributed by atoms with Crippen molar-refractivity contribution in [2.24, 2.45) is 0 Å². The first-order valence-corrected chi connectivity index (χ1v) is 8.15. The summed E-state index contributed by atoms with van der Waals surface area (Å²) in [7, 11) is 0. The molecule has 0 N–H and O–H groups in total. The molecular weight excluding hydrogens is 308 g/mol. The first-order valence-electron chi connectivity index (χ1n) is 7.77. The van der Waals surface area contributed by atoms with Gasteiger partial charge in [0.05, 0.1) is 16.2 Å². The third-order valence-corrected chi connectivity index (χ3v) is 4.61. The largest absolute Gasteiger partial charge is 0.367 e. The van der Waals surface area contributed by atoms with Gasteiger partial charge in [0.2, 0.25) is 0 Å². The lowest BCUT2D eigenvalue weighted by Crippen LogP contribution is -2.47. The standard InChI is InChI=1S/C18H17ClN4/c19-15-6-2-4-8-17(15)22-9-11-23(12-10-22)18-14-5-1-3-7-16(14)20-13-21-18/h1-8,13H,9-12H2. The molecule has 0 atom stereocenters. The molecule has 1 saturated heterocycles. The summed E-state index contributed by atoms with van der Waals surface area (Å²) in [5.41, 5.74) is 2.10. The molecule has 4 rings (SSSR count). The van der Waals surface area contributed by atoms with Crippen LogP contribution in [0.25, 0.3) is 10.9 Å². The molecule has 2 aromatic carbocycles. The Morgan fingerprint density at radius 2 is 1.48 bits per heavy atom. The molecule has 0 saturated carbocycles. The van der Waals surface area contributed by atoms with Gasteiger partial charge in [-0.05, 0) is 24.3 Å². The number of hydrogen-bond acceptors (Lipinski definition) is 4. The van der Waals surface area contributed by atoms with Gasteiger partial charge in [0.1, 0.15) is 12.1 Å². The lowest BCUT2D eigenvalue weighted by molar-refractivity contribution is 0.649. The molecule has 1 aromatic heterocycles. The van der Waals surface area contributed by atoms with Crippen molar-refractivity contribution in [2.45, 2.75) is 0 Å². The topological polar surface area (TPSA) is 32.3 Å². The van der Waals surface area contributed by atoms with Gasteiger partial charge < -0.3 is 9.80 Å². The van der Waals surface area contributed by atoms with Crippen molar-refractivity contribution < 1.29 is 0 Å². The van der Waals surface area contributed by atoms with E-state index in [0.717, 1.165) is 53.6 Å². The number of nitrogens with zero attached hydrogens (tertiary/aromatic N) is 4. The third-order valence-electron chi connectivity index (χ3n) is 4.29. The summed E-state index contributed by atoms with van der Waals surface area (Å²) in [4.78, 5) is 13.5. The molecule has 0 amide bonds. The summed E-state index contributed by atoms with van der Waals surface area (Å²) < 4.78 is 0. The fourth-order valence-electron chi connectivity index (χ4n) is 3.11. The van der Waals surface area contributed by atoms with E-state index in [1.807, 2.05) is 36.4 Å². The normalized spacial score (nSPS) is 15.2. The van der Waals surface area contributed by atoms with Gasteiger partial charge >= 0.3 is 0 Å². The van der Waals surface area contributed by atoms with Crippen molar-refractivity contribution in [1.29, 1.82) is 0 Å². The van der Waals surface area contributed by atoms with Crippen LogP contribution in [0, 0.1) is 0 Å². The number of fused-ring (bicyclic) bond motifs is 1. The highest BCUT2D eigenvalue weighted by Gasteiger charge is 2.21. The minimum absolute atomic E-state index is 0.813. The summed E-state index contributed by atoms with van der Waals surface area (Å²) in [6.07, 6.45) is 1.65. The lowest BCUT2D eigenvalue weighted by atomic mass is 10.2. The minimum atomic E-state index is 0.813. The zero-order valence-corrected chi connectivity index (χ0v) is 13.4. The fraction of sp³-hybridized carbons (Fsp3) is 0.222. The van der Waals surface area contributed by atoms with Gasteiger partial charge in [-0.2, -0.15) is 0 Å². The number of rotatable bonds is 2. The van der Waals surface area contributed by atoms with Crippen LogP contribution in [0.3, 0.4) is 0 Å². The molecule has 0 radical (unpaired) electrons. The Morgan fingerprint density at radius 1 is 0.783 bits per heavy atom. The minimum Gasteiger partial charge on any atom is -0.367 e. The Bertz CT molecular complexity index is 823. The highest BCUT2D eigenvalue weighted by atomic mass is 35.5. The van der Waals surface area contributed by atoms with Crippen LogP contribution in [0.5, 0.6) is 0 Å². The Morgan fingerprint density at radius 3 is 2.30 bits per heavy atom. The van der Waals surface area contributed by atoms with Crippen molar-refractivity contribution in [3.05, 3.63) is 59.9 Å². The summed E-state index contributed by atoms with van der Waals surface area (Å²) in [6.45, 7) is 3.71. The van der Waals surface area contributed by atoms with Crippen LogP contribution in [-0.4, -0.2) is 36.1 Å². The Labute approximate surface area is 140 Å². The molecule has 1 fully saturated rings. The summed E-state index contributed by atoms with van der Waals surface area (Å²) in [5, 5.41) is 1.93. The van der Waals surface area contributed by atoms with Gasteiger partial charge in [0.25, 0.3) is 0 Å². The van der Waals surface area contributed by atoms with E-state index in [9.17, 15) is 0 Å². The van der Waals surface area contributed by atoms with Crippen LogP contribution in [-0.2, 0) is 0 Å². The highest BCUT2D eigenvalue weighted by molar-refractivity contribution is 6.33. The number of hydrogen-bond donors (Lipinski definition) is 0. The van der Waals surface area contributed by atoms with Gasteiger partial charge in [-0.3, -0.25) is 0 Å². The van der Waals surface area contributed by atoms with E-state index in [2.05, 4.69) is 31.9 Å². The average Bonchev–Trinajstić information content (AvgIpc) is 2.62. The summed E-state index contributed by atoms with van der Waals surface area (Å²) in [5.74, 6) is 1.02. The van der Waals surface area contributed by atoms with Crippen LogP contribution in [0.15, 0.2) is 54.9 Å². The monoisotopic (exact) mass is 324 g/mol. The highest BCUT2D eigenvalue weighted by Crippen LogP contribution is 2.28. The Kier molecular flexibility index (Phi) is 3.75. The van der Waals surface area contributed by atoms with Crippen LogP contribution in [0.4, 0.5) is 11.5 Å². The molecule has 4 nitrogen and oxygen atoms in total. The Balaban J connectivity index is 1.57. The van der Waals surface area contributed by atoms with Crippen molar-refractivity contribution in [1.82, 2.24) is 9.97 Å². The molecule has 0 bridgehead atoms. The number of halogens is 1. The van der Waals surface area contributed by atoms with Gasteiger partial charge in [0, 0.05) is 31.6 Å². The zero-order valence-electron chi connectivity index (χ0n) is 12.7. The molecule has 2 heterocycles. The molecule has 1 aliphatic heterocycles. The van der Waals surface area contributed by atoms with Gasteiger partial charge in [0.15, 0.2) is 0 Å². The Hall–Kier alpha value is -2.33. The SMILES string of the molecule is Clc1ccccc1N1CCN(c2ncnc3ccccc23)CC1. The molecule has 3 aromatic rings. The fourth-order valence-corrected chi connectivity index (χ4v) is 3.37. The van der Waals surface area contributed by atoms with Crippen LogP contribution >= 0.6 is 11.6 Å². The van der Waals surface area contributed by atoms with Gasteiger partial charge in [-0.15, -0.1) is 0 Å². The maximum Gasteiger partial charge on any atom is 0.140 e. The number of piperazine rings is 1. The molecule has 0 spiro atoms. The third kappa shape index (κ3) is 2.70. The van der Waals surface area contributed by atoms with Gasteiger partial charge in [-0.25, -0.2) is 9.97 Å². The molecule has 5 heteroatoms. The van der Waals surface area contributed by atoms with Crippen LogP contribution in [0.1, 0.15) is 0 Å². The van der Waals surface area contributed by atoms with E-state index >= 15 is 0 Å². The van der Waals surface area contributed by atoms with E-state index in [1.165, 1.54) is 0 Å². The second-order valence-corrected chi connectivity index (χ2v) is 6.05. The quantitative estimate of drug-likeness (QED) is 0.721. The second-order valence-electron chi connectivity index (χ2n) is 5.64. The van der Waals surface area contributed by atoms with E-state index in [4.69, 9.17) is 11.6 Å². The van der Waals surface area contributed by atoms with E-state index < -0.39 is 0 Å². The van der Waals surface area contributed by atoms with E-state index in [1.54, 1.807) is 6.33 Å². The maximum absolute atomic E-state index is 6.31. The number of aromatic nitrogens is 2. The van der Waals surface area contributed by atoms with E-state index in [0.29, 0.717) is 0 Å². The molecular formula is C18H17ClN4. The molecule has 1 aliphatic rings. The maximum atomic E-state index is 6.31. The number of anilines is 2. The smallest absolute Gasteiger partial charge is 0.140 e. The average molecular weight is 325 g/mol. The number of para-hydroxylation sites is 2. The second kappa shape index (κ2) is 6.05. The first-order chi connectivity index (χ1) is 11.3. The molecule has 0 unspecified atom stereocenters. The summed E-state index contributed by atoms with van der Waals surface area (Å²) >= 11 is 6.31. The predicted molar refractivity (Wildman–Crippen MR) is 95.4 cm³/mol. The predicted octanol–water partition coefficient (Wildman–Crippen LogP) is 3.61. The van der Waals surface area contributed by atoms with Crippen molar-refractivity contribution >= 4 is 34.0 Å². The van der Waals surface area contributed by atoms with Crippen molar-refractivity contribution in [2.75, 3.05) is 36.0 Å². The molecule has 116 valence electrons. The summed E-state index contributed by atoms with van der Waals surface area (Å²) in [6, 6.07) is 16.2. The first kappa shape index (κ1) is 14.3. The number of benzene rings is 2. The van der Waals surface area contributed by atoms with Crippen molar-refractivity contribution in [3.8, 4) is 0 Å². The molecule has 23 heavy (non-hydrogen) atoms. The zero-order chi connectivity index (χ0) is 15.6. The van der Waals surface area contributed by atoms with Crippen molar-refractivity contribution in [3.63, 3.8) is 0 Å². The van der Waals surface area contributed by atoms with Crippen LogP contribution < -0.4 is 9.80 Å². The van der Waals surface area contributed by atoms with Gasteiger partial charge in [-0.1, -0.05) is 35.9 Å². The van der Waals surface area contributed by atoms with E-state index in [-0.39, 0.29) is 0 Å². The van der Waals surface area contributed by atoms with Crippen LogP contribution in [0.2, 0.25) is 5.02 Å². The molecule has 0 aliphatic carbocycles. The lowest BCUT2D eigenvalue weighted by Gasteiger charge is -2.37.